The third-order valence-corrected chi connectivity index (χ3v) is 4.66. The van der Waals surface area contributed by atoms with Gasteiger partial charge in [-0.2, -0.15) is 0 Å². The van der Waals surface area contributed by atoms with Crippen LogP contribution in [-0.4, -0.2) is 27.1 Å². The molecule has 8 heteroatoms. The van der Waals surface area contributed by atoms with Gasteiger partial charge in [-0.3, -0.25) is 9.10 Å². The Bertz CT molecular complexity index is 894. The molecule has 25 heavy (non-hydrogen) atoms. The molecule has 0 heterocycles. The van der Waals surface area contributed by atoms with Gasteiger partial charge in [-0.1, -0.05) is 23.8 Å². The number of benzene rings is 2. The van der Waals surface area contributed by atoms with Crippen molar-refractivity contribution in [2.45, 2.75) is 13.8 Å². The highest BCUT2D eigenvalue weighted by Crippen LogP contribution is 2.24. The van der Waals surface area contributed by atoms with E-state index in [9.17, 15) is 22.0 Å². The molecule has 0 radical (unpaired) electrons. The van der Waals surface area contributed by atoms with Crippen LogP contribution in [0.4, 0.5) is 20.2 Å². The van der Waals surface area contributed by atoms with Crippen molar-refractivity contribution in [1.82, 2.24) is 0 Å². The van der Waals surface area contributed by atoms with Crippen LogP contribution < -0.4 is 9.62 Å². The Balaban J connectivity index is 2.30. The lowest BCUT2D eigenvalue weighted by Gasteiger charge is -2.24. The SMILES string of the molecule is Cc1ccc(N(CC(=O)Nc2c(F)cccc2F)S(C)(=O)=O)c(C)c1. The number of sulfonamides is 1. The zero-order chi connectivity index (χ0) is 18.8. The maximum absolute atomic E-state index is 13.6. The van der Waals surface area contributed by atoms with Crippen LogP contribution in [0.25, 0.3) is 0 Å². The molecule has 0 saturated heterocycles. The molecule has 0 atom stereocenters. The van der Waals surface area contributed by atoms with E-state index >= 15 is 0 Å². The number of para-hydroxylation sites is 1. The minimum absolute atomic E-state index is 0.331. The predicted octanol–water partition coefficient (Wildman–Crippen LogP) is 2.99. The van der Waals surface area contributed by atoms with Crippen molar-refractivity contribution in [3.05, 3.63) is 59.2 Å². The van der Waals surface area contributed by atoms with Crippen LogP contribution in [0, 0.1) is 25.5 Å². The van der Waals surface area contributed by atoms with Crippen molar-refractivity contribution in [1.29, 1.82) is 0 Å². The molecule has 2 rings (SSSR count). The van der Waals surface area contributed by atoms with Crippen molar-refractivity contribution >= 4 is 27.3 Å². The number of rotatable bonds is 5. The van der Waals surface area contributed by atoms with E-state index in [0.717, 1.165) is 28.3 Å². The van der Waals surface area contributed by atoms with Crippen molar-refractivity contribution in [2.75, 3.05) is 22.4 Å². The molecule has 0 unspecified atom stereocenters. The van der Waals surface area contributed by atoms with E-state index in [0.29, 0.717) is 11.3 Å². The molecule has 134 valence electrons. The fraction of sp³-hybridized carbons (Fsp3) is 0.235. The summed E-state index contributed by atoms with van der Waals surface area (Å²) >= 11 is 0. The molecule has 0 spiro atoms. The van der Waals surface area contributed by atoms with E-state index in [4.69, 9.17) is 0 Å². The first-order valence-corrected chi connectivity index (χ1v) is 9.23. The lowest BCUT2D eigenvalue weighted by atomic mass is 10.1. The molecular formula is C17H18F2N2O3S. The molecule has 0 bridgehead atoms. The summed E-state index contributed by atoms with van der Waals surface area (Å²) in [4.78, 5) is 12.2. The highest BCUT2D eigenvalue weighted by Gasteiger charge is 2.23. The summed E-state index contributed by atoms with van der Waals surface area (Å²) in [6, 6.07) is 8.24. The molecule has 0 aliphatic heterocycles. The van der Waals surface area contributed by atoms with Gasteiger partial charge >= 0.3 is 0 Å². The van der Waals surface area contributed by atoms with Crippen molar-refractivity contribution in [2.24, 2.45) is 0 Å². The van der Waals surface area contributed by atoms with E-state index < -0.39 is 39.8 Å². The van der Waals surface area contributed by atoms with Crippen molar-refractivity contribution in [3.63, 3.8) is 0 Å². The van der Waals surface area contributed by atoms with Gasteiger partial charge in [0.05, 0.1) is 11.9 Å². The highest BCUT2D eigenvalue weighted by molar-refractivity contribution is 7.92. The predicted molar refractivity (Wildman–Crippen MR) is 93.1 cm³/mol. The van der Waals surface area contributed by atoms with Crippen LogP contribution in [0.1, 0.15) is 11.1 Å². The molecule has 0 saturated carbocycles. The molecule has 5 nitrogen and oxygen atoms in total. The number of aryl methyl sites for hydroxylation is 2. The summed E-state index contributed by atoms with van der Waals surface area (Å²) in [7, 11) is -3.78. The van der Waals surface area contributed by atoms with Gasteiger partial charge in [-0.15, -0.1) is 0 Å². The summed E-state index contributed by atoms with van der Waals surface area (Å²) in [5, 5.41) is 2.09. The lowest BCUT2D eigenvalue weighted by molar-refractivity contribution is -0.114. The van der Waals surface area contributed by atoms with Crippen LogP contribution in [0.2, 0.25) is 0 Å². The zero-order valence-corrected chi connectivity index (χ0v) is 14.8. The molecule has 0 aliphatic rings. The van der Waals surface area contributed by atoms with Gasteiger partial charge < -0.3 is 5.32 Å². The molecule has 1 N–H and O–H groups in total. The maximum Gasteiger partial charge on any atom is 0.245 e. The average molecular weight is 368 g/mol. The van der Waals surface area contributed by atoms with Gasteiger partial charge in [-0.05, 0) is 37.6 Å². The summed E-state index contributed by atoms with van der Waals surface area (Å²) in [5.41, 5.74) is 1.32. The smallest absolute Gasteiger partial charge is 0.245 e. The number of hydrogen-bond donors (Lipinski definition) is 1. The van der Waals surface area contributed by atoms with Crippen LogP contribution in [-0.2, 0) is 14.8 Å². The third-order valence-electron chi connectivity index (χ3n) is 3.54. The highest BCUT2D eigenvalue weighted by atomic mass is 32.2. The van der Waals surface area contributed by atoms with Crippen LogP contribution in [0.15, 0.2) is 36.4 Å². The van der Waals surface area contributed by atoms with E-state index in [1.807, 2.05) is 6.92 Å². The average Bonchev–Trinajstić information content (AvgIpc) is 2.48. The fourth-order valence-electron chi connectivity index (χ4n) is 2.39. The van der Waals surface area contributed by atoms with Gasteiger partial charge in [0.25, 0.3) is 0 Å². The van der Waals surface area contributed by atoms with E-state index in [1.54, 1.807) is 25.1 Å². The number of nitrogens with zero attached hydrogens (tertiary/aromatic N) is 1. The summed E-state index contributed by atoms with van der Waals surface area (Å²) in [6.07, 6.45) is 0.962. The standard InChI is InChI=1S/C17H18F2N2O3S/c1-11-7-8-15(12(2)9-11)21(25(3,23)24)10-16(22)20-17-13(18)5-4-6-14(17)19/h4-9H,10H2,1-3H3,(H,20,22). The Kier molecular flexibility index (Phi) is 5.42. The van der Waals surface area contributed by atoms with Crippen molar-refractivity contribution < 1.29 is 22.0 Å². The number of amides is 1. The second-order valence-electron chi connectivity index (χ2n) is 5.70. The Labute approximate surface area is 145 Å². The maximum atomic E-state index is 13.6. The Morgan fingerprint density at radius 3 is 2.24 bits per heavy atom. The van der Waals surface area contributed by atoms with Crippen LogP contribution >= 0.6 is 0 Å². The molecular weight excluding hydrogens is 350 g/mol. The van der Waals surface area contributed by atoms with Gasteiger partial charge in [0.2, 0.25) is 15.9 Å². The fourth-order valence-corrected chi connectivity index (χ4v) is 3.31. The minimum atomic E-state index is -3.78. The van der Waals surface area contributed by atoms with Gasteiger partial charge in [0, 0.05) is 0 Å². The first-order chi connectivity index (χ1) is 11.6. The molecule has 2 aromatic rings. The molecule has 0 fully saturated rings. The van der Waals surface area contributed by atoms with E-state index in [2.05, 4.69) is 5.32 Å². The number of nitrogens with one attached hydrogen (secondary N) is 1. The topological polar surface area (TPSA) is 66.5 Å². The molecule has 0 aromatic heterocycles. The minimum Gasteiger partial charge on any atom is -0.320 e. The van der Waals surface area contributed by atoms with E-state index in [1.165, 1.54) is 6.07 Å². The molecule has 2 aromatic carbocycles. The third kappa shape index (κ3) is 4.54. The first kappa shape index (κ1) is 18.9. The lowest BCUT2D eigenvalue weighted by Crippen LogP contribution is -2.38. The van der Waals surface area contributed by atoms with E-state index in [-0.39, 0.29) is 0 Å². The number of halogens is 2. The summed E-state index contributed by atoms with van der Waals surface area (Å²) < 4.78 is 52.3. The van der Waals surface area contributed by atoms with Crippen LogP contribution in [0.3, 0.4) is 0 Å². The summed E-state index contributed by atoms with van der Waals surface area (Å²) in [6.45, 7) is 2.97. The summed E-state index contributed by atoms with van der Waals surface area (Å²) in [5.74, 6) is -2.73. The first-order valence-electron chi connectivity index (χ1n) is 7.38. The number of carbonyl (C=O) groups is 1. The van der Waals surface area contributed by atoms with Crippen LogP contribution in [0.5, 0.6) is 0 Å². The molecule has 0 aliphatic carbocycles. The normalized spacial score (nSPS) is 11.2. The van der Waals surface area contributed by atoms with Gasteiger partial charge in [-0.25, -0.2) is 17.2 Å². The largest absolute Gasteiger partial charge is 0.320 e. The monoisotopic (exact) mass is 368 g/mol. The second kappa shape index (κ2) is 7.18. The quantitative estimate of drug-likeness (QED) is 0.882. The van der Waals surface area contributed by atoms with Crippen molar-refractivity contribution in [3.8, 4) is 0 Å². The number of anilines is 2. The molecule has 1 amide bonds. The zero-order valence-electron chi connectivity index (χ0n) is 14.0. The number of hydrogen-bond acceptors (Lipinski definition) is 3. The Morgan fingerprint density at radius 1 is 1.12 bits per heavy atom. The van der Waals surface area contributed by atoms with Gasteiger partial charge in [0.15, 0.2) is 0 Å². The Hall–Kier alpha value is -2.48. The Morgan fingerprint density at radius 2 is 1.72 bits per heavy atom. The van der Waals surface area contributed by atoms with Gasteiger partial charge in [0.1, 0.15) is 23.9 Å². The number of carbonyl (C=O) groups excluding carboxylic acids is 1. The second-order valence-corrected chi connectivity index (χ2v) is 7.61.